The van der Waals surface area contributed by atoms with E-state index < -0.39 is 5.97 Å². The number of amides is 1. The molecule has 0 spiro atoms. The number of carboxylic acids is 1. The zero-order valence-electron chi connectivity index (χ0n) is 9.75. The third-order valence-corrected chi connectivity index (χ3v) is 2.43. The number of nitrogens with zero attached hydrogens (tertiary/aromatic N) is 1. The van der Waals surface area contributed by atoms with Crippen molar-refractivity contribution in [1.82, 2.24) is 10.2 Å². The molecule has 1 aromatic heterocycles. The summed E-state index contributed by atoms with van der Waals surface area (Å²) >= 11 is 0. The number of nitrogens with one attached hydrogen (secondary N) is 2. The maximum Gasteiger partial charge on any atom is 0.335 e. The van der Waals surface area contributed by atoms with Crippen LogP contribution in [0.25, 0.3) is 0 Å². The highest BCUT2D eigenvalue weighted by Gasteiger charge is 2.11. The zero-order valence-corrected chi connectivity index (χ0v) is 9.75. The van der Waals surface area contributed by atoms with E-state index in [0.29, 0.717) is 5.69 Å². The van der Waals surface area contributed by atoms with Crippen LogP contribution in [0.5, 0.6) is 5.75 Å². The van der Waals surface area contributed by atoms with Gasteiger partial charge in [-0.2, -0.15) is 5.10 Å². The average Bonchev–Trinajstić information content (AvgIpc) is 2.84. The lowest BCUT2D eigenvalue weighted by Crippen LogP contribution is -2.15. The average molecular weight is 261 g/mol. The normalized spacial score (nSPS) is 10.1. The second kappa shape index (κ2) is 5.21. The van der Waals surface area contributed by atoms with Crippen molar-refractivity contribution in [3.05, 3.63) is 41.7 Å². The van der Waals surface area contributed by atoms with Gasteiger partial charge in [0.15, 0.2) is 0 Å². The van der Waals surface area contributed by atoms with Gasteiger partial charge in [-0.25, -0.2) is 4.79 Å². The van der Waals surface area contributed by atoms with E-state index in [1.807, 2.05) is 0 Å². The fourth-order valence-corrected chi connectivity index (χ4v) is 1.52. The second-order valence-electron chi connectivity index (χ2n) is 3.84. The van der Waals surface area contributed by atoms with Gasteiger partial charge in [0.25, 0.3) is 0 Å². The summed E-state index contributed by atoms with van der Waals surface area (Å²) in [5, 5.41) is 27.2. The molecule has 7 heteroatoms. The third-order valence-electron chi connectivity index (χ3n) is 2.43. The number of aromatic carboxylic acids is 1. The van der Waals surface area contributed by atoms with Crippen molar-refractivity contribution in [3.63, 3.8) is 0 Å². The van der Waals surface area contributed by atoms with Gasteiger partial charge in [0.1, 0.15) is 5.75 Å². The smallest absolute Gasteiger partial charge is 0.335 e. The molecule has 1 heterocycles. The molecule has 0 atom stereocenters. The number of benzene rings is 1. The van der Waals surface area contributed by atoms with Gasteiger partial charge in [0, 0.05) is 11.9 Å². The standard InChI is InChI=1S/C12H11N3O4/c16-10-2-1-7(12(18)19)5-9(10)14-11(17)6-8-3-4-13-15-8/h1-5,16H,6H2,(H,13,15)(H,14,17)(H,18,19). The number of carbonyl (C=O) groups is 2. The molecule has 0 fully saturated rings. The summed E-state index contributed by atoms with van der Waals surface area (Å²) in [6.45, 7) is 0. The molecule has 0 radical (unpaired) electrons. The van der Waals surface area contributed by atoms with Crippen molar-refractivity contribution in [3.8, 4) is 5.75 Å². The largest absolute Gasteiger partial charge is 0.506 e. The van der Waals surface area contributed by atoms with Gasteiger partial charge in [-0.3, -0.25) is 9.89 Å². The first-order valence-corrected chi connectivity index (χ1v) is 5.40. The van der Waals surface area contributed by atoms with E-state index in [9.17, 15) is 14.7 Å². The molecule has 2 rings (SSSR count). The van der Waals surface area contributed by atoms with Crippen LogP contribution in [-0.2, 0) is 11.2 Å². The van der Waals surface area contributed by atoms with Crippen LogP contribution in [0, 0.1) is 0 Å². The van der Waals surface area contributed by atoms with Crippen molar-refractivity contribution in [2.75, 3.05) is 5.32 Å². The molecule has 0 unspecified atom stereocenters. The summed E-state index contributed by atoms with van der Waals surface area (Å²) in [5.41, 5.74) is 0.658. The van der Waals surface area contributed by atoms with Crippen LogP contribution >= 0.6 is 0 Å². The number of hydrogen-bond donors (Lipinski definition) is 4. The van der Waals surface area contributed by atoms with Gasteiger partial charge in [-0.05, 0) is 24.3 Å². The number of H-pyrrole nitrogens is 1. The van der Waals surface area contributed by atoms with Gasteiger partial charge in [0.05, 0.1) is 17.7 Å². The molecule has 0 bridgehead atoms. The molecule has 7 nitrogen and oxygen atoms in total. The van der Waals surface area contributed by atoms with Crippen molar-refractivity contribution < 1.29 is 19.8 Å². The molecule has 0 saturated carbocycles. The van der Waals surface area contributed by atoms with Gasteiger partial charge in [0.2, 0.25) is 5.91 Å². The second-order valence-corrected chi connectivity index (χ2v) is 3.84. The third kappa shape index (κ3) is 3.09. The summed E-state index contributed by atoms with van der Waals surface area (Å²) in [7, 11) is 0. The summed E-state index contributed by atoms with van der Waals surface area (Å²) in [4.78, 5) is 22.5. The van der Waals surface area contributed by atoms with E-state index >= 15 is 0 Å². The number of anilines is 1. The topological polar surface area (TPSA) is 115 Å². The Morgan fingerprint density at radius 2 is 2.11 bits per heavy atom. The summed E-state index contributed by atoms with van der Waals surface area (Å²) in [6.07, 6.45) is 1.57. The van der Waals surface area contributed by atoms with Gasteiger partial charge in [-0.15, -0.1) is 0 Å². The number of phenols is 1. The number of aromatic nitrogens is 2. The van der Waals surface area contributed by atoms with Gasteiger partial charge < -0.3 is 15.5 Å². The van der Waals surface area contributed by atoms with Crippen LogP contribution < -0.4 is 5.32 Å². The lowest BCUT2D eigenvalue weighted by Gasteiger charge is -2.07. The SMILES string of the molecule is O=C(Cc1ccn[nH]1)Nc1cc(C(=O)O)ccc1O. The van der Waals surface area contributed by atoms with E-state index in [0.717, 1.165) is 0 Å². The van der Waals surface area contributed by atoms with Crippen molar-refractivity contribution in [2.24, 2.45) is 0 Å². The van der Waals surface area contributed by atoms with Crippen molar-refractivity contribution in [1.29, 1.82) is 0 Å². The Labute approximate surface area is 107 Å². The fourth-order valence-electron chi connectivity index (χ4n) is 1.52. The minimum absolute atomic E-state index is 0.0189. The summed E-state index contributed by atoms with van der Waals surface area (Å²) in [5.74, 6) is -1.71. The van der Waals surface area contributed by atoms with E-state index in [1.54, 1.807) is 6.07 Å². The lowest BCUT2D eigenvalue weighted by atomic mass is 10.2. The highest BCUT2D eigenvalue weighted by Crippen LogP contribution is 2.24. The van der Waals surface area contributed by atoms with E-state index in [2.05, 4.69) is 15.5 Å². The predicted molar refractivity (Wildman–Crippen MR) is 66.0 cm³/mol. The zero-order chi connectivity index (χ0) is 13.8. The Bertz CT molecular complexity index is 607. The fraction of sp³-hybridized carbons (Fsp3) is 0.0833. The summed E-state index contributed by atoms with van der Waals surface area (Å²) < 4.78 is 0. The van der Waals surface area contributed by atoms with Crippen molar-refractivity contribution in [2.45, 2.75) is 6.42 Å². The lowest BCUT2D eigenvalue weighted by molar-refractivity contribution is -0.115. The maximum absolute atomic E-state index is 11.7. The van der Waals surface area contributed by atoms with E-state index in [4.69, 9.17) is 5.11 Å². The number of rotatable bonds is 4. The number of carbonyl (C=O) groups excluding carboxylic acids is 1. The molecule has 98 valence electrons. The van der Waals surface area contributed by atoms with E-state index in [-0.39, 0.29) is 29.3 Å². The Hall–Kier alpha value is -2.83. The van der Waals surface area contributed by atoms with Gasteiger partial charge in [-0.1, -0.05) is 0 Å². The number of carboxylic acid groups (broad SMARTS) is 1. The minimum atomic E-state index is -1.14. The predicted octanol–water partition coefficient (Wildman–Crippen LogP) is 0.995. The van der Waals surface area contributed by atoms with Crippen LogP contribution in [0.15, 0.2) is 30.5 Å². The Morgan fingerprint density at radius 3 is 2.74 bits per heavy atom. The molecule has 0 saturated heterocycles. The van der Waals surface area contributed by atoms with Crippen LogP contribution in [-0.4, -0.2) is 32.3 Å². The van der Waals surface area contributed by atoms with Crippen LogP contribution in [0.1, 0.15) is 16.1 Å². The van der Waals surface area contributed by atoms with Crippen LogP contribution in [0.4, 0.5) is 5.69 Å². The Balaban J connectivity index is 2.11. The molecule has 19 heavy (non-hydrogen) atoms. The number of aromatic amines is 1. The van der Waals surface area contributed by atoms with Crippen molar-refractivity contribution >= 4 is 17.6 Å². The molecule has 2 aromatic rings. The quantitative estimate of drug-likeness (QED) is 0.613. The number of phenolic OH excluding ortho intramolecular Hbond substituents is 1. The number of aromatic hydroxyl groups is 1. The molecular weight excluding hydrogens is 250 g/mol. The monoisotopic (exact) mass is 261 g/mol. The molecular formula is C12H11N3O4. The highest BCUT2D eigenvalue weighted by molar-refractivity contribution is 5.96. The first-order chi connectivity index (χ1) is 9.06. The maximum atomic E-state index is 11.7. The minimum Gasteiger partial charge on any atom is -0.506 e. The number of hydrogen-bond acceptors (Lipinski definition) is 4. The Kier molecular flexibility index (Phi) is 3.46. The van der Waals surface area contributed by atoms with Gasteiger partial charge >= 0.3 is 5.97 Å². The molecule has 4 N–H and O–H groups in total. The molecule has 0 aliphatic carbocycles. The Morgan fingerprint density at radius 1 is 1.32 bits per heavy atom. The van der Waals surface area contributed by atoms with E-state index in [1.165, 1.54) is 24.4 Å². The van der Waals surface area contributed by atoms with Crippen LogP contribution in [0.2, 0.25) is 0 Å². The molecule has 0 aliphatic heterocycles. The molecule has 1 aromatic carbocycles. The van der Waals surface area contributed by atoms with Crippen LogP contribution in [0.3, 0.4) is 0 Å². The molecule has 1 amide bonds. The summed E-state index contributed by atoms with van der Waals surface area (Å²) in [6, 6.07) is 5.31. The first-order valence-electron chi connectivity index (χ1n) is 5.40. The highest BCUT2D eigenvalue weighted by atomic mass is 16.4. The molecule has 0 aliphatic rings. The first kappa shape index (κ1) is 12.6.